The SMILES string of the molecule is C=CCNC(=O)c1ccccc1NC(=O)Cc1ccc(OC)c(OC)c1. The van der Waals surface area contributed by atoms with Crippen molar-refractivity contribution in [1.29, 1.82) is 0 Å². The Kier molecular flexibility index (Phi) is 6.79. The topological polar surface area (TPSA) is 76.7 Å². The monoisotopic (exact) mass is 354 g/mol. The molecule has 2 aromatic rings. The number of rotatable bonds is 8. The van der Waals surface area contributed by atoms with Gasteiger partial charge in [0.05, 0.1) is 31.9 Å². The Bertz CT molecular complexity index is 802. The Morgan fingerprint density at radius 2 is 1.81 bits per heavy atom. The third kappa shape index (κ3) is 4.86. The maximum absolute atomic E-state index is 12.4. The number of anilines is 1. The Hall–Kier alpha value is -3.28. The van der Waals surface area contributed by atoms with E-state index in [0.717, 1.165) is 5.56 Å². The van der Waals surface area contributed by atoms with Crippen LogP contribution in [0.2, 0.25) is 0 Å². The number of para-hydroxylation sites is 1. The third-order valence-corrected chi connectivity index (χ3v) is 3.67. The lowest BCUT2D eigenvalue weighted by Crippen LogP contribution is -2.25. The molecule has 0 heterocycles. The van der Waals surface area contributed by atoms with Gasteiger partial charge in [-0.25, -0.2) is 0 Å². The van der Waals surface area contributed by atoms with Gasteiger partial charge >= 0.3 is 0 Å². The van der Waals surface area contributed by atoms with Gasteiger partial charge in [-0.3, -0.25) is 9.59 Å². The van der Waals surface area contributed by atoms with E-state index in [-0.39, 0.29) is 18.2 Å². The second-order valence-corrected chi connectivity index (χ2v) is 5.46. The first-order valence-corrected chi connectivity index (χ1v) is 8.08. The zero-order valence-corrected chi connectivity index (χ0v) is 14.9. The molecule has 0 bridgehead atoms. The van der Waals surface area contributed by atoms with Crippen molar-refractivity contribution >= 4 is 17.5 Å². The molecule has 0 spiro atoms. The van der Waals surface area contributed by atoms with Gasteiger partial charge in [0.25, 0.3) is 5.91 Å². The number of ether oxygens (including phenoxy) is 2. The molecular weight excluding hydrogens is 332 g/mol. The van der Waals surface area contributed by atoms with Gasteiger partial charge in [-0.2, -0.15) is 0 Å². The van der Waals surface area contributed by atoms with Gasteiger partial charge in [-0.1, -0.05) is 24.3 Å². The van der Waals surface area contributed by atoms with Crippen LogP contribution in [0.15, 0.2) is 55.1 Å². The maximum atomic E-state index is 12.4. The summed E-state index contributed by atoms with van der Waals surface area (Å²) in [5, 5.41) is 5.49. The van der Waals surface area contributed by atoms with Crippen LogP contribution in [0.3, 0.4) is 0 Å². The van der Waals surface area contributed by atoms with Crippen molar-refractivity contribution in [3.63, 3.8) is 0 Å². The van der Waals surface area contributed by atoms with Crippen molar-refractivity contribution in [2.45, 2.75) is 6.42 Å². The molecule has 0 atom stereocenters. The number of hydrogen-bond donors (Lipinski definition) is 2. The van der Waals surface area contributed by atoms with E-state index >= 15 is 0 Å². The predicted octanol–water partition coefficient (Wildman–Crippen LogP) is 2.80. The van der Waals surface area contributed by atoms with Crippen molar-refractivity contribution < 1.29 is 19.1 Å². The molecule has 2 aromatic carbocycles. The number of hydrogen-bond acceptors (Lipinski definition) is 4. The van der Waals surface area contributed by atoms with Gasteiger partial charge in [0.15, 0.2) is 11.5 Å². The van der Waals surface area contributed by atoms with Crippen LogP contribution in [0, 0.1) is 0 Å². The second kappa shape index (κ2) is 9.27. The highest BCUT2D eigenvalue weighted by atomic mass is 16.5. The fourth-order valence-electron chi connectivity index (χ4n) is 2.42. The molecule has 0 saturated heterocycles. The summed E-state index contributed by atoms with van der Waals surface area (Å²) < 4.78 is 10.4. The standard InChI is InChI=1S/C20H22N2O4/c1-4-11-21-20(24)15-7-5-6-8-16(15)22-19(23)13-14-9-10-17(25-2)18(12-14)26-3/h4-10,12H,1,11,13H2,2-3H3,(H,21,24)(H,22,23). The van der Waals surface area contributed by atoms with Gasteiger partial charge in [0.1, 0.15) is 0 Å². The van der Waals surface area contributed by atoms with Crippen molar-refractivity contribution in [1.82, 2.24) is 5.32 Å². The molecule has 136 valence electrons. The Balaban J connectivity index is 2.11. The van der Waals surface area contributed by atoms with Crippen molar-refractivity contribution in [2.75, 3.05) is 26.1 Å². The van der Waals surface area contributed by atoms with Crippen LogP contribution in [0.25, 0.3) is 0 Å². The minimum atomic E-state index is -0.271. The maximum Gasteiger partial charge on any atom is 0.253 e. The average molecular weight is 354 g/mol. The molecule has 6 heteroatoms. The number of carbonyl (C=O) groups is 2. The molecule has 0 aliphatic heterocycles. The van der Waals surface area contributed by atoms with Crippen molar-refractivity contribution in [3.8, 4) is 11.5 Å². The number of nitrogens with one attached hydrogen (secondary N) is 2. The predicted molar refractivity (Wildman–Crippen MR) is 101 cm³/mol. The lowest BCUT2D eigenvalue weighted by Gasteiger charge is -2.12. The Morgan fingerprint density at radius 1 is 1.08 bits per heavy atom. The van der Waals surface area contributed by atoms with Crippen LogP contribution in [0.5, 0.6) is 11.5 Å². The number of methoxy groups -OCH3 is 2. The van der Waals surface area contributed by atoms with E-state index in [4.69, 9.17) is 9.47 Å². The molecule has 2 rings (SSSR count). The van der Waals surface area contributed by atoms with Crippen LogP contribution < -0.4 is 20.1 Å². The highest BCUT2D eigenvalue weighted by Gasteiger charge is 2.13. The molecule has 2 amide bonds. The lowest BCUT2D eigenvalue weighted by molar-refractivity contribution is -0.115. The summed E-state index contributed by atoms with van der Waals surface area (Å²) in [6, 6.07) is 12.1. The van der Waals surface area contributed by atoms with Crippen LogP contribution in [0.1, 0.15) is 15.9 Å². The van der Waals surface area contributed by atoms with Crippen molar-refractivity contribution in [2.24, 2.45) is 0 Å². The molecule has 6 nitrogen and oxygen atoms in total. The molecule has 0 aliphatic rings. The first-order valence-electron chi connectivity index (χ1n) is 8.08. The molecule has 0 aliphatic carbocycles. The first kappa shape index (κ1) is 19.1. The van der Waals surface area contributed by atoms with Crippen LogP contribution >= 0.6 is 0 Å². The largest absolute Gasteiger partial charge is 0.493 e. The molecule has 0 unspecified atom stereocenters. The summed E-state index contributed by atoms with van der Waals surface area (Å²) in [4.78, 5) is 24.6. The average Bonchev–Trinajstić information content (AvgIpc) is 2.66. The fourth-order valence-corrected chi connectivity index (χ4v) is 2.42. The van der Waals surface area contributed by atoms with Crippen LogP contribution in [-0.2, 0) is 11.2 Å². The highest BCUT2D eigenvalue weighted by Crippen LogP contribution is 2.27. The minimum Gasteiger partial charge on any atom is -0.493 e. The Labute approximate surface area is 152 Å². The molecule has 2 N–H and O–H groups in total. The van der Waals surface area contributed by atoms with Crippen LogP contribution in [0.4, 0.5) is 5.69 Å². The van der Waals surface area contributed by atoms with Crippen LogP contribution in [-0.4, -0.2) is 32.6 Å². The molecule has 0 aromatic heterocycles. The normalized spacial score (nSPS) is 9.92. The zero-order chi connectivity index (χ0) is 18.9. The van der Waals surface area contributed by atoms with Gasteiger partial charge in [-0.05, 0) is 29.8 Å². The summed E-state index contributed by atoms with van der Waals surface area (Å²) in [6.45, 7) is 3.92. The summed E-state index contributed by atoms with van der Waals surface area (Å²) in [6.07, 6.45) is 1.74. The van der Waals surface area contributed by atoms with Crippen molar-refractivity contribution in [3.05, 3.63) is 66.2 Å². The van der Waals surface area contributed by atoms with E-state index in [1.807, 2.05) is 0 Å². The highest BCUT2D eigenvalue weighted by molar-refractivity contribution is 6.04. The smallest absolute Gasteiger partial charge is 0.253 e. The fraction of sp³-hybridized carbons (Fsp3) is 0.200. The number of amides is 2. The van der Waals surface area contributed by atoms with E-state index in [0.29, 0.717) is 29.3 Å². The zero-order valence-electron chi connectivity index (χ0n) is 14.9. The second-order valence-electron chi connectivity index (χ2n) is 5.46. The number of carbonyl (C=O) groups excluding carboxylic acids is 2. The van der Waals surface area contributed by atoms with Gasteiger partial charge < -0.3 is 20.1 Å². The minimum absolute atomic E-state index is 0.142. The molecule has 0 saturated carbocycles. The molecule has 26 heavy (non-hydrogen) atoms. The van der Waals surface area contributed by atoms with Gasteiger partial charge in [0.2, 0.25) is 5.91 Å². The van der Waals surface area contributed by atoms with E-state index in [1.165, 1.54) is 0 Å². The van der Waals surface area contributed by atoms with E-state index in [9.17, 15) is 9.59 Å². The number of benzene rings is 2. The summed E-state index contributed by atoms with van der Waals surface area (Å²) in [7, 11) is 3.10. The van der Waals surface area contributed by atoms with Gasteiger partial charge in [0, 0.05) is 6.54 Å². The summed E-state index contributed by atoms with van der Waals surface area (Å²) >= 11 is 0. The Morgan fingerprint density at radius 3 is 2.50 bits per heavy atom. The molecule has 0 fully saturated rings. The summed E-state index contributed by atoms with van der Waals surface area (Å²) in [5.74, 6) is 0.649. The third-order valence-electron chi connectivity index (χ3n) is 3.67. The first-order chi connectivity index (χ1) is 12.6. The molecule has 0 radical (unpaired) electrons. The van der Waals surface area contributed by atoms with E-state index in [2.05, 4.69) is 17.2 Å². The quantitative estimate of drug-likeness (QED) is 0.715. The lowest BCUT2D eigenvalue weighted by atomic mass is 10.1. The van der Waals surface area contributed by atoms with E-state index in [1.54, 1.807) is 62.8 Å². The van der Waals surface area contributed by atoms with E-state index < -0.39 is 0 Å². The molecular formula is C20H22N2O4. The summed E-state index contributed by atoms with van der Waals surface area (Å²) in [5.41, 5.74) is 1.63. The van der Waals surface area contributed by atoms with Gasteiger partial charge in [-0.15, -0.1) is 6.58 Å².